The molecule has 1 aromatic rings. The summed E-state index contributed by atoms with van der Waals surface area (Å²) in [6.45, 7) is 5.54. The fraction of sp³-hybridized carbons (Fsp3) is 0.636. The third kappa shape index (κ3) is 3.67. The molecule has 0 aromatic heterocycles. The molecule has 7 nitrogen and oxygen atoms in total. The molecule has 164 valence electrons. The molecule has 30 heavy (non-hydrogen) atoms. The number of likely N-dealkylation sites (tertiary alicyclic amines) is 2. The Bertz CT molecular complexity index is 817. The third-order valence-corrected chi connectivity index (χ3v) is 7.21. The lowest BCUT2D eigenvalue weighted by molar-refractivity contribution is -0.116. The number of amides is 3. The number of anilines is 1. The molecular formula is C22H31FN4O3. The Labute approximate surface area is 177 Å². The summed E-state index contributed by atoms with van der Waals surface area (Å²) in [4.78, 5) is 35.6. The van der Waals surface area contributed by atoms with E-state index in [1.807, 2.05) is 4.90 Å². The summed E-state index contributed by atoms with van der Waals surface area (Å²) in [7, 11) is 3.12. The van der Waals surface area contributed by atoms with Gasteiger partial charge in [0.25, 0.3) is 0 Å². The van der Waals surface area contributed by atoms with Gasteiger partial charge in [0.2, 0.25) is 5.91 Å². The highest BCUT2D eigenvalue weighted by Gasteiger charge is 2.46. The van der Waals surface area contributed by atoms with Crippen molar-refractivity contribution in [2.45, 2.75) is 44.1 Å². The van der Waals surface area contributed by atoms with Gasteiger partial charge in [-0.05, 0) is 62.5 Å². The number of piperidine rings is 2. The van der Waals surface area contributed by atoms with E-state index in [1.165, 1.54) is 18.2 Å². The fourth-order valence-electron chi connectivity index (χ4n) is 5.37. The molecular weight excluding hydrogens is 387 g/mol. The van der Waals surface area contributed by atoms with Gasteiger partial charge in [-0.3, -0.25) is 9.63 Å². The second-order valence-corrected chi connectivity index (χ2v) is 8.76. The number of halogens is 1. The highest BCUT2D eigenvalue weighted by atomic mass is 19.1. The average Bonchev–Trinajstić information content (AvgIpc) is 3.07. The van der Waals surface area contributed by atoms with E-state index in [-0.39, 0.29) is 23.2 Å². The van der Waals surface area contributed by atoms with Crippen molar-refractivity contribution in [3.05, 3.63) is 29.6 Å². The lowest BCUT2D eigenvalue weighted by atomic mass is 9.74. The molecule has 0 bridgehead atoms. The minimum Gasteiger partial charge on any atom is -0.323 e. The number of carbonyl (C=O) groups is 2. The van der Waals surface area contributed by atoms with Gasteiger partial charge >= 0.3 is 6.03 Å². The molecule has 1 spiro atoms. The molecule has 0 saturated carbocycles. The van der Waals surface area contributed by atoms with E-state index in [0.717, 1.165) is 63.1 Å². The van der Waals surface area contributed by atoms with Gasteiger partial charge in [0.1, 0.15) is 5.82 Å². The van der Waals surface area contributed by atoms with E-state index in [9.17, 15) is 14.0 Å². The molecule has 1 aromatic carbocycles. The number of fused-ring (bicyclic) bond motifs is 2. The molecule has 4 rings (SSSR count). The van der Waals surface area contributed by atoms with Gasteiger partial charge in [-0.15, -0.1) is 0 Å². The summed E-state index contributed by atoms with van der Waals surface area (Å²) in [6, 6.07) is 5.18. The van der Waals surface area contributed by atoms with Crippen molar-refractivity contribution in [2.75, 3.05) is 51.8 Å². The van der Waals surface area contributed by atoms with Crippen molar-refractivity contribution in [1.29, 1.82) is 0 Å². The van der Waals surface area contributed by atoms with E-state index >= 15 is 0 Å². The van der Waals surface area contributed by atoms with Crippen LogP contribution in [0.2, 0.25) is 0 Å². The van der Waals surface area contributed by atoms with E-state index in [1.54, 1.807) is 31.0 Å². The second-order valence-electron chi connectivity index (χ2n) is 8.76. The fourth-order valence-corrected chi connectivity index (χ4v) is 5.37. The molecule has 3 amide bonds. The molecule has 0 aliphatic carbocycles. The van der Waals surface area contributed by atoms with Crippen LogP contribution in [0, 0.1) is 5.82 Å². The molecule has 3 aliphatic heterocycles. The molecule has 2 saturated heterocycles. The minimum absolute atomic E-state index is 0.0141. The van der Waals surface area contributed by atoms with Crippen LogP contribution in [0.5, 0.6) is 0 Å². The Morgan fingerprint density at radius 3 is 2.43 bits per heavy atom. The summed E-state index contributed by atoms with van der Waals surface area (Å²) in [5, 5.41) is 1.27. The van der Waals surface area contributed by atoms with E-state index < -0.39 is 0 Å². The average molecular weight is 419 g/mol. The Kier molecular flexibility index (Phi) is 5.72. The highest BCUT2D eigenvalue weighted by molar-refractivity contribution is 5.94. The number of hydrogen-bond donors (Lipinski definition) is 0. The predicted octanol–water partition coefficient (Wildman–Crippen LogP) is 2.60. The standard InChI is InChI=1S/C22H31FN4O3/c1-16(28)27-15-22(19-14-17(23)4-5-20(19)27)8-12-25(13-9-22)18-6-10-26(11-7-18)21(29)24(2)30-3/h4-5,14,18H,6-13,15H2,1-3H3. The van der Waals surface area contributed by atoms with Crippen LogP contribution in [0.4, 0.5) is 14.9 Å². The first kappa shape index (κ1) is 21.1. The summed E-state index contributed by atoms with van der Waals surface area (Å²) in [5.74, 6) is -0.223. The largest absolute Gasteiger partial charge is 0.343 e. The highest BCUT2D eigenvalue weighted by Crippen LogP contribution is 2.47. The van der Waals surface area contributed by atoms with Gasteiger partial charge in [0.05, 0.1) is 7.11 Å². The molecule has 0 unspecified atom stereocenters. The predicted molar refractivity (Wildman–Crippen MR) is 112 cm³/mol. The molecule has 0 atom stereocenters. The van der Waals surface area contributed by atoms with Gasteiger partial charge in [0.15, 0.2) is 0 Å². The lowest BCUT2D eigenvalue weighted by Gasteiger charge is -2.45. The van der Waals surface area contributed by atoms with Crippen LogP contribution in [-0.4, -0.2) is 79.7 Å². The maximum Gasteiger partial charge on any atom is 0.343 e. The monoisotopic (exact) mass is 418 g/mol. The molecule has 0 N–H and O–H groups in total. The van der Waals surface area contributed by atoms with E-state index in [2.05, 4.69) is 4.90 Å². The molecule has 8 heteroatoms. The summed E-state index contributed by atoms with van der Waals surface area (Å²) >= 11 is 0. The topological polar surface area (TPSA) is 56.3 Å². The van der Waals surface area contributed by atoms with Gasteiger partial charge in [0, 0.05) is 50.7 Å². The number of carbonyl (C=O) groups excluding carboxylic acids is 2. The van der Waals surface area contributed by atoms with E-state index in [4.69, 9.17) is 4.84 Å². The molecule has 0 radical (unpaired) electrons. The van der Waals surface area contributed by atoms with Gasteiger partial charge < -0.3 is 14.7 Å². The zero-order valence-electron chi connectivity index (χ0n) is 18.1. The number of rotatable bonds is 2. The summed E-state index contributed by atoms with van der Waals surface area (Å²) in [6.07, 6.45) is 3.72. The summed E-state index contributed by atoms with van der Waals surface area (Å²) < 4.78 is 14.0. The Balaban J connectivity index is 1.40. The number of urea groups is 1. The van der Waals surface area contributed by atoms with Gasteiger partial charge in [-0.1, -0.05) is 0 Å². The lowest BCUT2D eigenvalue weighted by Crippen LogP contribution is -2.53. The van der Waals surface area contributed by atoms with Crippen LogP contribution >= 0.6 is 0 Å². The number of hydrogen-bond acceptors (Lipinski definition) is 4. The number of nitrogens with zero attached hydrogens (tertiary/aromatic N) is 4. The van der Waals surface area contributed by atoms with Gasteiger partial charge in [-0.25, -0.2) is 14.2 Å². The van der Waals surface area contributed by atoms with Crippen LogP contribution < -0.4 is 4.90 Å². The Morgan fingerprint density at radius 1 is 1.17 bits per heavy atom. The van der Waals surface area contributed by atoms with Crippen molar-refractivity contribution in [1.82, 2.24) is 14.9 Å². The Morgan fingerprint density at radius 2 is 1.83 bits per heavy atom. The van der Waals surface area contributed by atoms with Crippen molar-refractivity contribution in [3.8, 4) is 0 Å². The van der Waals surface area contributed by atoms with Gasteiger partial charge in [-0.2, -0.15) is 0 Å². The van der Waals surface area contributed by atoms with Crippen molar-refractivity contribution < 1.29 is 18.8 Å². The zero-order chi connectivity index (χ0) is 21.5. The molecule has 3 aliphatic rings. The maximum absolute atomic E-state index is 14.0. The summed E-state index contributed by atoms with van der Waals surface area (Å²) in [5.41, 5.74) is 1.70. The van der Waals surface area contributed by atoms with Crippen molar-refractivity contribution in [3.63, 3.8) is 0 Å². The first-order chi connectivity index (χ1) is 14.3. The number of benzene rings is 1. The SMILES string of the molecule is CON(C)C(=O)N1CCC(N2CCC3(CC2)CN(C(C)=O)c2ccc(F)cc23)CC1. The zero-order valence-corrected chi connectivity index (χ0v) is 18.1. The second kappa shape index (κ2) is 8.15. The smallest absolute Gasteiger partial charge is 0.323 e. The normalized spacial score (nSPS) is 21.7. The first-order valence-corrected chi connectivity index (χ1v) is 10.7. The quantitative estimate of drug-likeness (QED) is 0.693. The van der Waals surface area contributed by atoms with Crippen LogP contribution in [0.25, 0.3) is 0 Å². The van der Waals surface area contributed by atoms with Crippen molar-refractivity contribution >= 4 is 17.6 Å². The molecule has 2 fully saturated rings. The first-order valence-electron chi connectivity index (χ1n) is 10.7. The minimum atomic E-state index is -0.237. The van der Waals surface area contributed by atoms with Crippen LogP contribution in [0.3, 0.4) is 0 Å². The molecule has 3 heterocycles. The van der Waals surface area contributed by atoms with E-state index in [0.29, 0.717) is 12.6 Å². The third-order valence-electron chi connectivity index (χ3n) is 7.21. The number of hydroxylamine groups is 2. The maximum atomic E-state index is 14.0. The van der Waals surface area contributed by atoms with Crippen LogP contribution in [0.1, 0.15) is 38.2 Å². The van der Waals surface area contributed by atoms with Crippen LogP contribution in [-0.2, 0) is 15.0 Å². The Hall–Kier alpha value is -2.19. The van der Waals surface area contributed by atoms with Crippen molar-refractivity contribution in [2.24, 2.45) is 0 Å². The van der Waals surface area contributed by atoms with Crippen LogP contribution in [0.15, 0.2) is 18.2 Å².